The third-order valence-electron chi connectivity index (χ3n) is 4.71. The number of allylic oxidation sites excluding steroid dienone is 1. The van der Waals surface area contributed by atoms with E-state index in [9.17, 15) is 5.26 Å². The fourth-order valence-corrected chi connectivity index (χ4v) is 5.73. The molecule has 4 rings (SSSR count). The number of benzene rings is 1. The van der Waals surface area contributed by atoms with Crippen LogP contribution in [0.5, 0.6) is 11.6 Å². The number of hydrogen-bond acceptors (Lipinski definition) is 5. The normalized spacial score (nSPS) is 15.8. The number of fused-ring (bicyclic) bond motifs is 1. The summed E-state index contributed by atoms with van der Waals surface area (Å²) in [6.07, 6.45) is 0. The van der Waals surface area contributed by atoms with Crippen molar-refractivity contribution in [1.29, 1.82) is 5.26 Å². The molecule has 1 atom stereocenters. The predicted octanol–water partition coefficient (Wildman–Crippen LogP) is 4.80. The molecule has 0 fully saturated rings. The summed E-state index contributed by atoms with van der Waals surface area (Å²) in [7, 11) is 1.65. The first-order valence-electron chi connectivity index (χ1n) is 8.44. The number of hydrogen-bond donors (Lipinski definition) is 1. The number of thiophene rings is 1. The molecule has 0 bridgehead atoms. The zero-order valence-corrected chi connectivity index (χ0v) is 20.2. The number of halogens is 1. The third-order valence-corrected chi connectivity index (χ3v) is 7.22. The predicted molar refractivity (Wildman–Crippen MR) is 118 cm³/mol. The van der Waals surface area contributed by atoms with E-state index >= 15 is 0 Å². The summed E-state index contributed by atoms with van der Waals surface area (Å²) in [5, 5.41) is 17.5. The van der Waals surface area contributed by atoms with E-state index in [1.165, 1.54) is 9.75 Å². The topological polar surface area (TPSA) is 70.9 Å². The Bertz CT molecular complexity index is 1160. The molecule has 1 aromatic carbocycles. The molecular weight excluding hydrogens is 548 g/mol. The molecule has 1 unspecified atom stereocenters. The summed E-state index contributed by atoms with van der Waals surface area (Å²) in [6.45, 7) is 4.18. The van der Waals surface area contributed by atoms with Gasteiger partial charge in [-0.15, -0.1) is 0 Å². The van der Waals surface area contributed by atoms with Gasteiger partial charge in [-0.05, 0) is 0 Å². The van der Waals surface area contributed by atoms with E-state index in [0.29, 0.717) is 16.0 Å². The molecule has 0 saturated carbocycles. The van der Waals surface area contributed by atoms with Gasteiger partial charge in [0.1, 0.15) is 0 Å². The van der Waals surface area contributed by atoms with Crippen LogP contribution in [0.3, 0.4) is 0 Å². The summed E-state index contributed by atoms with van der Waals surface area (Å²) in [4.78, 5) is 2.43. The Morgan fingerprint density at radius 2 is 2.14 bits per heavy atom. The minimum atomic E-state index is -0.264. The van der Waals surface area contributed by atoms with E-state index in [4.69, 9.17) is 9.47 Å². The standard InChI is InChI=1S/C20H15AsIN3O2S/c1-9-6-12(10(2)28-9)18-17-16(11-4-5-15(26-3)14(22)7-11)13(8-23)19(21)27-20(17)25-24-18/h4-7,16H,1-3H3,(H,24,25). The fourth-order valence-electron chi connectivity index (χ4n) is 3.49. The van der Waals surface area contributed by atoms with Crippen LogP contribution in [0, 0.1) is 28.7 Å². The number of ether oxygens (including phenoxy) is 2. The number of H-pyrrole nitrogens is 1. The molecule has 1 N–H and O–H groups in total. The van der Waals surface area contributed by atoms with Crippen molar-refractivity contribution in [3.05, 3.63) is 58.8 Å². The zero-order valence-electron chi connectivity index (χ0n) is 15.3. The van der Waals surface area contributed by atoms with Gasteiger partial charge in [0.2, 0.25) is 0 Å². The van der Waals surface area contributed by atoms with Crippen LogP contribution in [-0.2, 0) is 0 Å². The van der Waals surface area contributed by atoms with Crippen LogP contribution in [0.25, 0.3) is 11.3 Å². The van der Waals surface area contributed by atoms with E-state index in [1.807, 2.05) is 12.1 Å². The summed E-state index contributed by atoms with van der Waals surface area (Å²) in [5.41, 5.74) is 4.47. The number of aryl methyl sites for hydroxylation is 2. The Hall–Kier alpha value is -1.75. The van der Waals surface area contributed by atoms with Crippen molar-refractivity contribution in [1.82, 2.24) is 10.2 Å². The molecule has 3 heterocycles. The number of rotatable bonds is 3. The van der Waals surface area contributed by atoms with E-state index in [1.54, 1.807) is 18.4 Å². The van der Waals surface area contributed by atoms with Crippen LogP contribution in [-0.4, -0.2) is 34.2 Å². The Labute approximate surface area is 189 Å². The van der Waals surface area contributed by atoms with E-state index in [0.717, 1.165) is 31.7 Å². The fraction of sp³-hybridized carbons (Fsp3) is 0.200. The zero-order chi connectivity index (χ0) is 20.0. The monoisotopic (exact) mass is 563 g/mol. The van der Waals surface area contributed by atoms with Gasteiger partial charge in [-0.1, -0.05) is 0 Å². The van der Waals surface area contributed by atoms with Crippen molar-refractivity contribution in [3.63, 3.8) is 0 Å². The van der Waals surface area contributed by atoms with Crippen molar-refractivity contribution >= 4 is 50.8 Å². The van der Waals surface area contributed by atoms with Crippen molar-refractivity contribution in [2.75, 3.05) is 7.11 Å². The van der Waals surface area contributed by atoms with E-state index < -0.39 is 0 Å². The Morgan fingerprint density at radius 1 is 1.36 bits per heavy atom. The number of aromatic amines is 1. The molecule has 1 aliphatic rings. The number of aromatic nitrogens is 2. The third kappa shape index (κ3) is 3.18. The van der Waals surface area contributed by atoms with Gasteiger partial charge in [0.25, 0.3) is 0 Å². The van der Waals surface area contributed by atoms with Crippen LogP contribution >= 0.6 is 33.9 Å². The number of nitrogens with zero attached hydrogens (tertiary/aromatic N) is 2. The SMILES string of the molecule is COc1ccc(C2C(C#N)=C([As])Oc3n[nH]c(-c4cc(C)sc4C)c32)cc1I. The van der Waals surface area contributed by atoms with Crippen molar-refractivity contribution < 1.29 is 9.47 Å². The Morgan fingerprint density at radius 3 is 2.75 bits per heavy atom. The average molecular weight is 563 g/mol. The van der Waals surface area contributed by atoms with Gasteiger partial charge in [-0.3, -0.25) is 0 Å². The second-order valence-electron chi connectivity index (χ2n) is 6.40. The quantitative estimate of drug-likeness (QED) is 0.368. The van der Waals surface area contributed by atoms with Crippen LogP contribution in [0.15, 0.2) is 34.4 Å². The molecule has 0 amide bonds. The molecule has 8 heteroatoms. The number of nitrogens with one attached hydrogen (secondary N) is 1. The molecule has 28 heavy (non-hydrogen) atoms. The molecule has 1 aliphatic heterocycles. The Kier molecular flexibility index (Phi) is 5.30. The first kappa shape index (κ1) is 19.6. The molecule has 2 aromatic heterocycles. The summed E-state index contributed by atoms with van der Waals surface area (Å²) < 4.78 is 12.8. The molecule has 0 spiro atoms. The van der Waals surface area contributed by atoms with Crippen LogP contribution in [0.4, 0.5) is 0 Å². The van der Waals surface area contributed by atoms with E-state index in [2.05, 4.69) is 81.7 Å². The molecule has 2 radical (unpaired) electrons. The molecule has 0 saturated heterocycles. The van der Waals surface area contributed by atoms with Gasteiger partial charge in [0.05, 0.1) is 0 Å². The average Bonchev–Trinajstić information content (AvgIpc) is 3.22. The van der Waals surface area contributed by atoms with Gasteiger partial charge in [0.15, 0.2) is 0 Å². The van der Waals surface area contributed by atoms with Crippen LogP contribution in [0.1, 0.15) is 26.8 Å². The minimum absolute atomic E-state index is 0.264. The molecule has 3 aromatic rings. The second kappa shape index (κ2) is 7.58. The molecular formula is C20H15AsIN3O2S. The first-order chi connectivity index (χ1) is 13.4. The van der Waals surface area contributed by atoms with Gasteiger partial charge < -0.3 is 0 Å². The van der Waals surface area contributed by atoms with Crippen molar-refractivity contribution in [2.45, 2.75) is 19.8 Å². The maximum absolute atomic E-state index is 9.89. The van der Waals surface area contributed by atoms with Crippen LogP contribution < -0.4 is 9.47 Å². The van der Waals surface area contributed by atoms with Gasteiger partial charge in [-0.2, -0.15) is 0 Å². The maximum atomic E-state index is 9.89. The summed E-state index contributed by atoms with van der Waals surface area (Å²) in [5.74, 6) is 1.06. The van der Waals surface area contributed by atoms with Crippen molar-refractivity contribution in [2.24, 2.45) is 0 Å². The van der Waals surface area contributed by atoms with Gasteiger partial charge in [-0.25, -0.2) is 0 Å². The number of methoxy groups -OCH3 is 1. The van der Waals surface area contributed by atoms with Gasteiger partial charge >= 0.3 is 190 Å². The summed E-state index contributed by atoms with van der Waals surface area (Å²) >= 11 is 6.34. The van der Waals surface area contributed by atoms with Crippen molar-refractivity contribution in [3.8, 4) is 29.0 Å². The molecule has 140 valence electrons. The van der Waals surface area contributed by atoms with Crippen LogP contribution in [0.2, 0.25) is 0 Å². The Balaban J connectivity index is 1.96. The number of nitriles is 1. The second-order valence-corrected chi connectivity index (χ2v) is 9.88. The molecule has 0 aliphatic carbocycles. The summed E-state index contributed by atoms with van der Waals surface area (Å²) in [6, 6.07) is 10.5. The van der Waals surface area contributed by atoms with E-state index in [-0.39, 0.29) is 5.92 Å². The molecule has 5 nitrogen and oxygen atoms in total. The van der Waals surface area contributed by atoms with Gasteiger partial charge in [0, 0.05) is 0 Å². The first-order valence-corrected chi connectivity index (χ1v) is 11.3.